The van der Waals surface area contributed by atoms with E-state index in [0.717, 1.165) is 12.8 Å². The Morgan fingerprint density at radius 1 is 0.935 bits per heavy atom. The Morgan fingerprint density at radius 2 is 1.58 bits per heavy atom. The molecule has 0 aliphatic carbocycles. The highest BCUT2D eigenvalue weighted by Crippen LogP contribution is 2.26. The molecule has 0 aromatic heterocycles. The van der Waals surface area contributed by atoms with Crippen molar-refractivity contribution in [1.29, 1.82) is 0 Å². The maximum atomic E-state index is 12.3. The number of ether oxygens (including phenoxy) is 2. The molecular formula is C22H26BrN3O5. The smallest absolute Gasteiger partial charge is 0.269 e. The molecule has 8 nitrogen and oxygen atoms in total. The third-order valence-corrected chi connectivity index (χ3v) is 4.84. The fourth-order valence-corrected chi connectivity index (χ4v) is 3.01. The lowest BCUT2D eigenvalue weighted by atomic mass is 10.2. The number of benzene rings is 2. The lowest BCUT2D eigenvalue weighted by molar-refractivity contribution is -0.116. The first-order valence-electron chi connectivity index (χ1n) is 9.86. The number of carbonyl (C=O) groups is 3. The summed E-state index contributed by atoms with van der Waals surface area (Å²) in [5.74, 6) is -0.430. The van der Waals surface area contributed by atoms with Gasteiger partial charge in [0.1, 0.15) is 12.4 Å². The average Bonchev–Trinajstić information content (AvgIpc) is 2.77. The molecule has 2 rings (SSSR count). The molecule has 3 N–H and O–H groups in total. The van der Waals surface area contributed by atoms with Crippen molar-refractivity contribution in [2.75, 3.05) is 25.6 Å². The summed E-state index contributed by atoms with van der Waals surface area (Å²) < 4.78 is 11.1. The Kier molecular flexibility index (Phi) is 9.99. The van der Waals surface area contributed by atoms with Crippen molar-refractivity contribution in [3.8, 4) is 5.75 Å². The van der Waals surface area contributed by atoms with E-state index in [1.54, 1.807) is 49.6 Å². The third kappa shape index (κ3) is 8.03. The zero-order valence-corrected chi connectivity index (χ0v) is 19.1. The van der Waals surface area contributed by atoms with E-state index >= 15 is 0 Å². The van der Waals surface area contributed by atoms with Crippen LogP contribution in [0.4, 0.5) is 5.69 Å². The zero-order chi connectivity index (χ0) is 22.6. The maximum Gasteiger partial charge on any atom is 0.269 e. The molecule has 0 bridgehead atoms. The summed E-state index contributed by atoms with van der Waals surface area (Å²) in [7, 11) is 1.58. The summed E-state index contributed by atoms with van der Waals surface area (Å²) >= 11 is 3.36. The second-order valence-electron chi connectivity index (χ2n) is 6.62. The highest BCUT2D eigenvalue weighted by atomic mass is 79.9. The third-order valence-electron chi connectivity index (χ3n) is 4.22. The fraction of sp³-hybridized carbons (Fsp3) is 0.318. The van der Waals surface area contributed by atoms with Crippen LogP contribution in [-0.4, -0.2) is 38.0 Å². The number of unbranched alkanes of at least 4 members (excludes halogenated alkanes) is 1. The van der Waals surface area contributed by atoms with Gasteiger partial charge in [0, 0.05) is 30.3 Å². The van der Waals surface area contributed by atoms with E-state index in [0.29, 0.717) is 46.7 Å². The largest absolute Gasteiger partial charge is 0.490 e. The van der Waals surface area contributed by atoms with Crippen molar-refractivity contribution in [1.82, 2.24) is 10.9 Å². The van der Waals surface area contributed by atoms with E-state index < -0.39 is 11.8 Å². The van der Waals surface area contributed by atoms with Gasteiger partial charge in [-0.25, -0.2) is 0 Å². The van der Waals surface area contributed by atoms with Gasteiger partial charge in [-0.15, -0.1) is 0 Å². The molecule has 2 aromatic rings. The van der Waals surface area contributed by atoms with E-state index in [2.05, 4.69) is 32.1 Å². The van der Waals surface area contributed by atoms with Crippen LogP contribution < -0.4 is 20.9 Å². The van der Waals surface area contributed by atoms with Gasteiger partial charge in [0.15, 0.2) is 0 Å². The number of amides is 3. The van der Waals surface area contributed by atoms with Crippen LogP contribution in [0, 0.1) is 0 Å². The number of methoxy groups -OCH3 is 1. The SMILES string of the molecule is CCCCC(=O)Nc1ccc(C(=O)NNC(=O)c2ccc(OCCOC)c(Br)c2)cc1. The maximum absolute atomic E-state index is 12.3. The molecule has 166 valence electrons. The minimum Gasteiger partial charge on any atom is -0.490 e. The molecule has 2 aromatic carbocycles. The van der Waals surface area contributed by atoms with Gasteiger partial charge in [0.05, 0.1) is 11.1 Å². The summed E-state index contributed by atoms with van der Waals surface area (Å²) in [6, 6.07) is 11.3. The number of carbonyl (C=O) groups excluding carboxylic acids is 3. The molecule has 9 heteroatoms. The Hall–Kier alpha value is -2.91. The average molecular weight is 492 g/mol. The molecule has 3 amide bonds. The number of hydrogen-bond acceptors (Lipinski definition) is 5. The number of nitrogens with one attached hydrogen (secondary N) is 3. The molecule has 0 heterocycles. The van der Waals surface area contributed by atoms with Gasteiger partial charge in [-0.05, 0) is 64.8 Å². The lowest BCUT2D eigenvalue weighted by Crippen LogP contribution is -2.41. The van der Waals surface area contributed by atoms with Gasteiger partial charge < -0.3 is 14.8 Å². The quantitative estimate of drug-likeness (QED) is 0.347. The first kappa shape index (κ1) is 24.4. The van der Waals surface area contributed by atoms with Gasteiger partial charge >= 0.3 is 0 Å². The first-order valence-corrected chi connectivity index (χ1v) is 10.7. The Labute approximate surface area is 189 Å². The van der Waals surface area contributed by atoms with Gasteiger partial charge in [-0.3, -0.25) is 25.2 Å². The van der Waals surface area contributed by atoms with E-state index in [9.17, 15) is 14.4 Å². The Bertz CT molecular complexity index is 903. The summed E-state index contributed by atoms with van der Waals surface area (Å²) in [4.78, 5) is 36.3. The molecular weight excluding hydrogens is 466 g/mol. The predicted octanol–water partition coefficient (Wildman–Crippen LogP) is 3.68. The van der Waals surface area contributed by atoms with Gasteiger partial charge in [0.2, 0.25) is 5.91 Å². The fourth-order valence-electron chi connectivity index (χ4n) is 2.52. The molecule has 0 spiro atoms. The Morgan fingerprint density at radius 3 is 2.19 bits per heavy atom. The van der Waals surface area contributed by atoms with E-state index in [-0.39, 0.29) is 5.91 Å². The van der Waals surface area contributed by atoms with Crippen molar-refractivity contribution in [2.24, 2.45) is 0 Å². The van der Waals surface area contributed by atoms with E-state index in [1.807, 2.05) is 6.92 Å². The molecule has 0 aliphatic heterocycles. The normalized spacial score (nSPS) is 10.3. The van der Waals surface area contributed by atoms with Gasteiger partial charge in [-0.1, -0.05) is 13.3 Å². The van der Waals surface area contributed by atoms with E-state index in [4.69, 9.17) is 9.47 Å². The topological polar surface area (TPSA) is 106 Å². The van der Waals surface area contributed by atoms with Crippen molar-refractivity contribution in [2.45, 2.75) is 26.2 Å². The minimum absolute atomic E-state index is 0.0624. The standard InChI is InChI=1S/C22H26BrN3O5/c1-3-4-5-20(27)24-17-9-6-15(7-10-17)21(28)25-26-22(29)16-8-11-19(18(23)14-16)31-13-12-30-2/h6-11,14H,3-5,12-13H2,1-2H3,(H,24,27)(H,25,28)(H,26,29). The molecule has 0 fully saturated rings. The van der Waals surface area contributed by atoms with Gasteiger partial charge in [0.25, 0.3) is 11.8 Å². The molecule has 0 unspecified atom stereocenters. The molecule has 0 atom stereocenters. The van der Waals surface area contributed by atoms with Crippen LogP contribution in [0.1, 0.15) is 46.9 Å². The zero-order valence-electron chi connectivity index (χ0n) is 17.5. The van der Waals surface area contributed by atoms with Crippen LogP contribution in [0.25, 0.3) is 0 Å². The van der Waals surface area contributed by atoms with Crippen LogP contribution in [0.3, 0.4) is 0 Å². The second kappa shape index (κ2) is 12.7. The second-order valence-corrected chi connectivity index (χ2v) is 7.48. The summed E-state index contributed by atoms with van der Waals surface area (Å²) in [5, 5.41) is 2.78. The van der Waals surface area contributed by atoms with Gasteiger partial charge in [-0.2, -0.15) is 0 Å². The summed E-state index contributed by atoms with van der Waals surface area (Å²) in [6.07, 6.45) is 2.23. The highest BCUT2D eigenvalue weighted by molar-refractivity contribution is 9.10. The predicted molar refractivity (Wildman–Crippen MR) is 121 cm³/mol. The molecule has 0 radical (unpaired) electrons. The van der Waals surface area contributed by atoms with Crippen molar-refractivity contribution >= 4 is 39.3 Å². The van der Waals surface area contributed by atoms with Crippen LogP contribution in [0.5, 0.6) is 5.75 Å². The first-order chi connectivity index (χ1) is 14.9. The minimum atomic E-state index is -0.476. The molecule has 31 heavy (non-hydrogen) atoms. The van der Waals surface area contributed by atoms with Crippen molar-refractivity contribution in [3.05, 3.63) is 58.1 Å². The lowest BCUT2D eigenvalue weighted by Gasteiger charge is -2.11. The number of halogens is 1. The van der Waals surface area contributed by atoms with Crippen LogP contribution in [-0.2, 0) is 9.53 Å². The molecule has 0 saturated carbocycles. The van der Waals surface area contributed by atoms with Crippen molar-refractivity contribution < 1.29 is 23.9 Å². The number of hydrogen-bond donors (Lipinski definition) is 3. The monoisotopic (exact) mass is 491 g/mol. The van der Waals surface area contributed by atoms with Crippen LogP contribution >= 0.6 is 15.9 Å². The van der Waals surface area contributed by atoms with E-state index in [1.165, 1.54) is 0 Å². The number of hydrazine groups is 1. The van der Waals surface area contributed by atoms with Crippen molar-refractivity contribution in [3.63, 3.8) is 0 Å². The Balaban J connectivity index is 1.86. The summed E-state index contributed by atoms with van der Waals surface area (Å²) in [5.41, 5.74) is 6.05. The summed E-state index contributed by atoms with van der Waals surface area (Å²) in [6.45, 7) is 2.86. The molecule has 0 saturated heterocycles. The highest BCUT2D eigenvalue weighted by Gasteiger charge is 2.12. The molecule has 0 aliphatic rings. The van der Waals surface area contributed by atoms with Crippen LogP contribution in [0.15, 0.2) is 46.9 Å². The number of rotatable bonds is 10. The van der Waals surface area contributed by atoms with Crippen LogP contribution in [0.2, 0.25) is 0 Å². The number of anilines is 1.